The minimum absolute atomic E-state index is 0.0178. The third-order valence-electron chi connectivity index (χ3n) is 6.44. The van der Waals surface area contributed by atoms with E-state index in [-0.39, 0.29) is 12.6 Å². The molecule has 5 N–H and O–H groups in total. The maximum absolute atomic E-state index is 9.60. The van der Waals surface area contributed by atoms with Crippen molar-refractivity contribution in [3.05, 3.63) is 67.1 Å². The highest BCUT2D eigenvalue weighted by Gasteiger charge is 2.32. The Morgan fingerprint density at radius 1 is 1.00 bits per heavy atom. The van der Waals surface area contributed by atoms with Gasteiger partial charge in [0.05, 0.1) is 12.0 Å². The lowest BCUT2D eigenvalue weighted by Crippen LogP contribution is -2.46. The number of para-hydroxylation sites is 1. The molecule has 7 heteroatoms. The van der Waals surface area contributed by atoms with Crippen LogP contribution < -0.4 is 16.2 Å². The third-order valence-corrected chi connectivity index (χ3v) is 6.44. The molecule has 1 aliphatic rings. The van der Waals surface area contributed by atoms with Crippen LogP contribution in [0.2, 0.25) is 0 Å². The summed E-state index contributed by atoms with van der Waals surface area (Å²) >= 11 is 0. The van der Waals surface area contributed by atoms with Crippen molar-refractivity contribution in [3.63, 3.8) is 0 Å². The van der Waals surface area contributed by atoms with Gasteiger partial charge in [0.15, 0.2) is 0 Å². The smallest absolute Gasteiger partial charge is 0.146 e. The lowest BCUT2D eigenvalue weighted by molar-refractivity contribution is 0.138. The second-order valence-electron chi connectivity index (χ2n) is 8.60. The highest BCUT2D eigenvalue weighted by atomic mass is 16.5. The molecule has 0 unspecified atom stereocenters. The van der Waals surface area contributed by atoms with E-state index in [4.69, 9.17) is 16.2 Å². The number of aliphatic hydroxyl groups excluding tert-OH is 1. The Balaban J connectivity index is 1.48. The molecule has 4 aromatic rings. The quantitative estimate of drug-likeness (QED) is 0.437. The van der Waals surface area contributed by atoms with Crippen LogP contribution in [-0.2, 0) is 0 Å². The molecule has 1 fully saturated rings. The van der Waals surface area contributed by atoms with Crippen LogP contribution in [0.25, 0.3) is 22.2 Å². The Bertz CT molecular complexity index is 1210. The molecule has 164 valence electrons. The van der Waals surface area contributed by atoms with Gasteiger partial charge in [-0.3, -0.25) is 0 Å². The second-order valence-corrected chi connectivity index (χ2v) is 8.60. The number of nitrogens with two attached hydrogens (primary N) is 2. The summed E-state index contributed by atoms with van der Waals surface area (Å²) in [5.74, 6) is 2.03. The van der Waals surface area contributed by atoms with Gasteiger partial charge in [-0.2, -0.15) is 0 Å². The van der Waals surface area contributed by atoms with Gasteiger partial charge in [-0.1, -0.05) is 30.3 Å². The van der Waals surface area contributed by atoms with Crippen molar-refractivity contribution >= 4 is 16.9 Å². The molecule has 0 radical (unpaired) electrons. The van der Waals surface area contributed by atoms with Gasteiger partial charge in [0, 0.05) is 23.3 Å². The number of anilines is 1. The number of fused-ring (bicyclic) bond motifs is 1. The molecule has 7 nitrogen and oxygen atoms in total. The summed E-state index contributed by atoms with van der Waals surface area (Å²) in [6, 6.07) is 17.9. The molecular weight excluding hydrogens is 402 g/mol. The van der Waals surface area contributed by atoms with E-state index in [1.807, 2.05) is 54.6 Å². The Labute approximate surface area is 186 Å². The van der Waals surface area contributed by atoms with E-state index in [1.54, 1.807) is 0 Å². The van der Waals surface area contributed by atoms with Crippen LogP contribution in [0, 0.1) is 0 Å². The number of hydrogen-bond donors (Lipinski definition) is 3. The number of ether oxygens (including phenoxy) is 1. The molecule has 1 saturated carbocycles. The van der Waals surface area contributed by atoms with Gasteiger partial charge in [-0.05, 0) is 55.5 Å². The molecule has 0 bridgehead atoms. The Morgan fingerprint density at radius 3 is 2.38 bits per heavy atom. The molecule has 0 saturated heterocycles. The third kappa shape index (κ3) is 3.81. The van der Waals surface area contributed by atoms with Gasteiger partial charge in [-0.25, -0.2) is 9.97 Å². The van der Waals surface area contributed by atoms with Gasteiger partial charge in [-0.15, -0.1) is 0 Å². The summed E-state index contributed by atoms with van der Waals surface area (Å²) in [5, 5.41) is 10.5. The number of aromatic nitrogens is 3. The molecule has 0 spiro atoms. The van der Waals surface area contributed by atoms with Crippen LogP contribution in [0.3, 0.4) is 0 Å². The normalized spacial score (nSPS) is 21.0. The number of nitrogen functional groups attached to an aromatic ring is 1. The summed E-state index contributed by atoms with van der Waals surface area (Å²) in [6.07, 6.45) is 6.95. The molecule has 2 heterocycles. The number of nitrogens with zero attached hydrogens (tertiary/aromatic N) is 3. The second kappa shape index (κ2) is 8.26. The van der Waals surface area contributed by atoms with E-state index >= 15 is 0 Å². The van der Waals surface area contributed by atoms with Crippen molar-refractivity contribution in [3.8, 4) is 22.6 Å². The highest BCUT2D eigenvalue weighted by Crippen LogP contribution is 2.40. The predicted octanol–water partition coefficient (Wildman–Crippen LogP) is 4.28. The van der Waals surface area contributed by atoms with Crippen molar-refractivity contribution in [2.75, 3.05) is 12.3 Å². The van der Waals surface area contributed by atoms with Gasteiger partial charge >= 0.3 is 0 Å². The molecule has 0 amide bonds. The van der Waals surface area contributed by atoms with Crippen molar-refractivity contribution in [2.45, 2.75) is 37.3 Å². The average Bonchev–Trinajstić information content (AvgIpc) is 3.22. The van der Waals surface area contributed by atoms with E-state index in [0.29, 0.717) is 5.82 Å². The molecule has 2 aromatic carbocycles. The fraction of sp³-hybridized carbons (Fsp3) is 0.280. The molecule has 0 atom stereocenters. The summed E-state index contributed by atoms with van der Waals surface area (Å²) < 4.78 is 8.13. The zero-order valence-corrected chi connectivity index (χ0v) is 17.8. The maximum atomic E-state index is 9.60. The highest BCUT2D eigenvalue weighted by molar-refractivity contribution is 6.00. The van der Waals surface area contributed by atoms with Crippen molar-refractivity contribution in [1.82, 2.24) is 14.5 Å². The number of rotatable bonds is 5. The molecule has 1 aliphatic carbocycles. The zero-order valence-electron chi connectivity index (χ0n) is 17.8. The Hall–Kier alpha value is -3.42. The molecule has 32 heavy (non-hydrogen) atoms. The number of benzene rings is 2. The standard InChI is InChI=1S/C25H27N5O2/c26-23-22-21(17-6-8-20(9-7-17)32-19-4-2-1-3-5-19)14-30(24(22)29-16-28-23)18-10-12-25(27,15-31)13-11-18/h1-9,14,16,18,31H,10-13,15,27H2,(H2,26,28,29). The van der Waals surface area contributed by atoms with E-state index in [1.165, 1.54) is 6.33 Å². The van der Waals surface area contributed by atoms with Crippen LogP contribution in [0.5, 0.6) is 11.5 Å². The fourth-order valence-corrected chi connectivity index (χ4v) is 4.55. The van der Waals surface area contributed by atoms with Crippen molar-refractivity contribution < 1.29 is 9.84 Å². The minimum atomic E-state index is -0.481. The topological polar surface area (TPSA) is 112 Å². The summed E-state index contributed by atoms with van der Waals surface area (Å²) in [7, 11) is 0. The van der Waals surface area contributed by atoms with E-state index in [0.717, 1.165) is 59.3 Å². The summed E-state index contributed by atoms with van der Waals surface area (Å²) in [5.41, 5.74) is 14.9. The Morgan fingerprint density at radius 2 is 1.69 bits per heavy atom. The van der Waals surface area contributed by atoms with Crippen LogP contribution in [-0.4, -0.2) is 31.8 Å². The number of aliphatic hydroxyl groups is 1. The molecule has 2 aromatic heterocycles. The first-order valence-electron chi connectivity index (χ1n) is 10.9. The minimum Gasteiger partial charge on any atom is -0.457 e. The SMILES string of the molecule is Nc1ncnc2c1c(-c1ccc(Oc3ccccc3)cc1)cn2C1CCC(N)(CO)CC1. The molecule has 5 rings (SSSR count). The maximum Gasteiger partial charge on any atom is 0.146 e. The van der Waals surface area contributed by atoms with Gasteiger partial charge in [0.25, 0.3) is 0 Å². The van der Waals surface area contributed by atoms with Crippen LogP contribution in [0.4, 0.5) is 5.82 Å². The zero-order chi connectivity index (χ0) is 22.1. The lowest BCUT2D eigenvalue weighted by atomic mass is 9.80. The van der Waals surface area contributed by atoms with Gasteiger partial charge in [0.2, 0.25) is 0 Å². The van der Waals surface area contributed by atoms with E-state index < -0.39 is 5.54 Å². The van der Waals surface area contributed by atoms with Crippen LogP contribution in [0.15, 0.2) is 67.1 Å². The molecular formula is C25H27N5O2. The lowest BCUT2D eigenvalue weighted by Gasteiger charge is -2.36. The molecule has 0 aliphatic heterocycles. The first-order chi connectivity index (χ1) is 15.6. The fourth-order valence-electron chi connectivity index (χ4n) is 4.55. The monoisotopic (exact) mass is 429 g/mol. The van der Waals surface area contributed by atoms with E-state index in [9.17, 15) is 5.11 Å². The average molecular weight is 430 g/mol. The van der Waals surface area contributed by atoms with Gasteiger partial charge < -0.3 is 25.9 Å². The largest absolute Gasteiger partial charge is 0.457 e. The van der Waals surface area contributed by atoms with E-state index in [2.05, 4.69) is 20.7 Å². The van der Waals surface area contributed by atoms with Gasteiger partial charge in [0.1, 0.15) is 29.3 Å². The van der Waals surface area contributed by atoms with Crippen molar-refractivity contribution in [1.29, 1.82) is 0 Å². The van der Waals surface area contributed by atoms with Crippen LogP contribution >= 0.6 is 0 Å². The Kier molecular flexibility index (Phi) is 5.28. The van der Waals surface area contributed by atoms with Crippen LogP contribution in [0.1, 0.15) is 31.7 Å². The first kappa shape index (κ1) is 20.5. The summed E-state index contributed by atoms with van der Waals surface area (Å²) in [6.45, 7) is 0.0178. The predicted molar refractivity (Wildman–Crippen MR) is 125 cm³/mol. The number of hydrogen-bond acceptors (Lipinski definition) is 6. The van der Waals surface area contributed by atoms with Crippen molar-refractivity contribution in [2.24, 2.45) is 5.73 Å². The summed E-state index contributed by atoms with van der Waals surface area (Å²) in [4.78, 5) is 8.80. The first-order valence-corrected chi connectivity index (χ1v) is 10.9.